The standard InChI is InChI=1S/C23H31N3O2/c1-16-14-18(22(28)24-5)8-11-20(16)26-15-21(27)25-13-12-17-6-9-19(10-7-17)23(2,3)4/h6-11,14,26H,12-13,15H2,1-5H3,(H,24,28)(H,25,27). The van der Waals surface area contributed by atoms with Gasteiger partial charge >= 0.3 is 0 Å². The molecule has 5 nitrogen and oxygen atoms in total. The summed E-state index contributed by atoms with van der Waals surface area (Å²) in [5, 5.41) is 8.67. The van der Waals surface area contributed by atoms with Crippen LogP contribution in [0.1, 0.15) is 47.8 Å². The van der Waals surface area contributed by atoms with Gasteiger partial charge in [-0.15, -0.1) is 0 Å². The molecule has 0 aliphatic carbocycles. The summed E-state index contributed by atoms with van der Waals surface area (Å²) >= 11 is 0. The molecule has 0 spiro atoms. The van der Waals surface area contributed by atoms with Crippen LogP contribution in [0.3, 0.4) is 0 Å². The molecule has 0 radical (unpaired) electrons. The Kier molecular flexibility index (Phi) is 7.21. The number of amides is 2. The van der Waals surface area contributed by atoms with Crippen LogP contribution < -0.4 is 16.0 Å². The van der Waals surface area contributed by atoms with Gasteiger partial charge in [0, 0.05) is 24.8 Å². The monoisotopic (exact) mass is 381 g/mol. The fraction of sp³-hybridized carbons (Fsp3) is 0.391. The van der Waals surface area contributed by atoms with Crippen molar-refractivity contribution in [3.63, 3.8) is 0 Å². The van der Waals surface area contributed by atoms with Crippen LogP contribution in [0.15, 0.2) is 42.5 Å². The lowest BCUT2D eigenvalue weighted by Crippen LogP contribution is -2.31. The predicted molar refractivity (Wildman–Crippen MR) is 115 cm³/mol. The van der Waals surface area contributed by atoms with Gasteiger partial charge in [-0.3, -0.25) is 9.59 Å². The third-order valence-electron chi connectivity index (χ3n) is 4.71. The smallest absolute Gasteiger partial charge is 0.251 e. The van der Waals surface area contributed by atoms with E-state index in [0.29, 0.717) is 12.1 Å². The summed E-state index contributed by atoms with van der Waals surface area (Å²) in [6, 6.07) is 13.9. The number of nitrogens with one attached hydrogen (secondary N) is 3. The van der Waals surface area contributed by atoms with E-state index in [4.69, 9.17) is 0 Å². The topological polar surface area (TPSA) is 70.2 Å². The number of carbonyl (C=O) groups excluding carboxylic acids is 2. The minimum Gasteiger partial charge on any atom is -0.376 e. The highest BCUT2D eigenvalue weighted by atomic mass is 16.2. The Bertz CT molecular complexity index is 821. The van der Waals surface area contributed by atoms with Crippen LogP contribution in [0.4, 0.5) is 5.69 Å². The van der Waals surface area contributed by atoms with Crippen LogP contribution in [0, 0.1) is 6.92 Å². The molecule has 28 heavy (non-hydrogen) atoms. The first-order chi connectivity index (χ1) is 13.2. The number of rotatable bonds is 7. The summed E-state index contributed by atoms with van der Waals surface area (Å²) in [7, 11) is 1.60. The molecule has 2 rings (SSSR count). The lowest BCUT2D eigenvalue weighted by Gasteiger charge is -2.19. The van der Waals surface area contributed by atoms with E-state index in [1.807, 2.05) is 13.0 Å². The normalized spacial score (nSPS) is 11.0. The maximum atomic E-state index is 12.1. The van der Waals surface area contributed by atoms with Crippen molar-refractivity contribution in [2.75, 3.05) is 25.5 Å². The molecule has 2 aromatic rings. The highest BCUT2D eigenvalue weighted by molar-refractivity contribution is 5.94. The van der Waals surface area contributed by atoms with Crippen molar-refractivity contribution in [1.82, 2.24) is 10.6 Å². The summed E-state index contributed by atoms with van der Waals surface area (Å²) in [5.74, 6) is -0.177. The maximum absolute atomic E-state index is 12.1. The van der Waals surface area contributed by atoms with Gasteiger partial charge in [0.25, 0.3) is 5.91 Å². The first-order valence-electron chi connectivity index (χ1n) is 9.63. The van der Waals surface area contributed by atoms with E-state index in [-0.39, 0.29) is 23.8 Å². The quantitative estimate of drug-likeness (QED) is 0.688. The Morgan fingerprint density at radius 3 is 2.25 bits per heavy atom. The summed E-state index contributed by atoms with van der Waals surface area (Å²) < 4.78 is 0. The number of aryl methyl sites for hydroxylation is 1. The van der Waals surface area contributed by atoms with E-state index in [9.17, 15) is 9.59 Å². The van der Waals surface area contributed by atoms with Crippen LogP contribution in [0.2, 0.25) is 0 Å². The molecule has 150 valence electrons. The lowest BCUT2D eigenvalue weighted by atomic mass is 9.86. The van der Waals surface area contributed by atoms with E-state index in [2.05, 4.69) is 61.0 Å². The van der Waals surface area contributed by atoms with Crippen LogP contribution in [0.25, 0.3) is 0 Å². The number of carbonyl (C=O) groups is 2. The second kappa shape index (κ2) is 9.40. The zero-order valence-corrected chi connectivity index (χ0v) is 17.5. The van der Waals surface area contributed by atoms with Gasteiger partial charge in [-0.1, -0.05) is 45.0 Å². The Labute approximate surface area is 167 Å². The van der Waals surface area contributed by atoms with Crippen molar-refractivity contribution in [2.45, 2.75) is 39.5 Å². The van der Waals surface area contributed by atoms with Crippen LogP contribution in [-0.2, 0) is 16.6 Å². The van der Waals surface area contributed by atoms with Crippen molar-refractivity contribution in [2.24, 2.45) is 0 Å². The highest BCUT2D eigenvalue weighted by Gasteiger charge is 2.12. The van der Waals surface area contributed by atoms with Gasteiger partial charge < -0.3 is 16.0 Å². The molecular formula is C23H31N3O2. The average molecular weight is 382 g/mol. The van der Waals surface area contributed by atoms with Gasteiger partial charge in [-0.05, 0) is 53.6 Å². The zero-order chi connectivity index (χ0) is 20.7. The molecule has 0 aliphatic heterocycles. The molecule has 0 atom stereocenters. The van der Waals surface area contributed by atoms with E-state index in [1.54, 1.807) is 19.2 Å². The minimum atomic E-state index is -0.122. The molecule has 0 saturated heterocycles. The maximum Gasteiger partial charge on any atom is 0.251 e. The molecule has 2 aromatic carbocycles. The molecule has 2 amide bonds. The van der Waals surface area contributed by atoms with Crippen molar-refractivity contribution in [3.8, 4) is 0 Å². The Balaban J connectivity index is 1.78. The fourth-order valence-electron chi connectivity index (χ4n) is 2.90. The van der Waals surface area contributed by atoms with E-state index in [1.165, 1.54) is 11.1 Å². The summed E-state index contributed by atoms with van der Waals surface area (Å²) in [6.07, 6.45) is 0.802. The van der Waals surface area contributed by atoms with Crippen molar-refractivity contribution < 1.29 is 9.59 Å². The molecule has 0 unspecified atom stereocenters. The molecular weight excluding hydrogens is 350 g/mol. The third kappa shape index (κ3) is 6.12. The van der Waals surface area contributed by atoms with Gasteiger partial charge in [0.05, 0.1) is 6.54 Å². The number of benzene rings is 2. The Hall–Kier alpha value is -2.82. The Morgan fingerprint density at radius 1 is 1.00 bits per heavy atom. The first-order valence-corrected chi connectivity index (χ1v) is 9.63. The average Bonchev–Trinajstić information content (AvgIpc) is 2.66. The molecule has 0 saturated carbocycles. The second-order valence-corrected chi connectivity index (χ2v) is 8.01. The van der Waals surface area contributed by atoms with Crippen LogP contribution in [-0.4, -0.2) is 32.0 Å². The van der Waals surface area contributed by atoms with E-state index in [0.717, 1.165) is 17.7 Å². The molecule has 0 heterocycles. The molecule has 0 bridgehead atoms. The Morgan fingerprint density at radius 2 is 1.68 bits per heavy atom. The first kappa shape index (κ1) is 21.5. The fourth-order valence-corrected chi connectivity index (χ4v) is 2.90. The zero-order valence-electron chi connectivity index (χ0n) is 17.5. The molecule has 0 aliphatic rings. The third-order valence-corrected chi connectivity index (χ3v) is 4.71. The van der Waals surface area contributed by atoms with Crippen molar-refractivity contribution in [3.05, 3.63) is 64.7 Å². The number of hydrogen-bond acceptors (Lipinski definition) is 3. The molecule has 0 fully saturated rings. The predicted octanol–water partition coefficient (Wildman–Crippen LogP) is 3.42. The number of anilines is 1. The van der Waals surface area contributed by atoms with E-state index < -0.39 is 0 Å². The van der Waals surface area contributed by atoms with Gasteiger partial charge in [0.1, 0.15) is 0 Å². The van der Waals surface area contributed by atoms with Crippen LogP contribution in [0.5, 0.6) is 0 Å². The van der Waals surface area contributed by atoms with Crippen molar-refractivity contribution in [1.29, 1.82) is 0 Å². The highest BCUT2D eigenvalue weighted by Crippen LogP contribution is 2.22. The van der Waals surface area contributed by atoms with Gasteiger partial charge in [-0.2, -0.15) is 0 Å². The van der Waals surface area contributed by atoms with Crippen molar-refractivity contribution >= 4 is 17.5 Å². The molecule has 0 aromatic heterocycles. The molecule has 3 N–H and O–H groups in total. The summed E-state index contributed by atoms with van der Waals surface area (Å²) in [6.45, 7) is 9.30. The van der Waals surface area contributed by atoms with E-state index >= 15 is 0 Å². The largest absolute Gasteiger partial charge is 0.376 e. The minimum absolute atomic E-state index is 0.0545. The SMILES string of the molecule is CNC(=O)c1ccc(NCC(=O)NCCc2ccc(C(C)(C)C)cc2)c(C)c1. The number of hydrogen-bond donors (Lipinski definition) is 3. The van der Waals surface area contributed by atoms with Gasteiger partial charge in [-0.25, -0.2) is 0 Å². The van der Waals surface area contributed by atoms with Gasteiger partial charge in [0.2, 0.25) is 5.91 Å². The van der Waals surface area contributed by atoms with Gasteiger partial charge in [0.15, 0.2) is 0 Å². The van der Waals surface area contributed by atoms with Crippen LogP contribution >= 0.6 is 0 Å². The lowest BCUT2D eigenvalue weighted by molar-refractivity contribution is -0.119. The summed E-state index contributed by atoms with van der Waals surface area (Å²) in [4.78, 5) is 23.7. The second-order valence-electron chi connectivity index (χ2n) is 8.01. The summed E-state index contributed by atoms with van der Waals surface area (Å²) in [5.41, 5.74) is 5.04. The molecule has 5 heteroatoms.